The van der Waals surface area contributed by atoms with Gasteiger partial charge in [0.1, 0.15) is 41.9 Å². The van der Waals surface area contributed by atoms with Crippen LogP contribution >= 0.6 is 0 Å². The first-order valence-corrected chi connectivity index (χ1v) is 15.6. The lowest BCUT2D eigenvalue weighted by molar-refractivity contribution is 0.00239. The van der Waals surface area contributed by atoms with Gasteiger partial charge in [-0.2, -0.15) is 0 Å². The molecule has 3 N–H and O–H groups in total. The Hall–Kier alpha value is -5.44. The van der Waals surface area contributed by atoms with E-state index in [-0.39, 0.29) is 40.0 Å². The number of carbonyl (C=O) groups is 2. The van der Waals surface area contributed by atoms with Crippen molar-refractivity contribution in [2.75, 3.05) is 0 Å². The molecule has 8 nitrogen and oxygen atoms in total. The monoisotopic (exact) mass is 645 g/mol. The summed E-state index contributed by atoms with van der Waals surface area (Å²) in [5.74, 6) is -0.0159. The first-order chi connectivity index (χ1) is 22.9. The molecule has 5 aromatic rings. The van der Waals surface area contributed by atoms with E-state index in [0.717, 1.165) is 11.1 Å². The molecule has 0 amide bonds. The lowest BCUT2D eigenvalue weighted by Gasteiger charge is -2.31. The van der Waals surface area contributed by atoms with Crippen molar-refractivity contribution < 1.29 is 33.6 Å². The molecule has 0 aliphatic rings. The molecule has 0 aromatic heterocycles. The number of benzene rings is 5. The van der Waals surface area contributed by atoms with Crippen molar-refractivity contribution in [3.8, 4) is 23.0 Å². The first kappa shape index (κ1) is 33.9. The quantitative estimate of drug-likeness (QED) is 0.0801. The van der Waals surface area contributed by atoms with Crippen molar-refractivity contribution in [1.29, 1.82) is 0 Å². The van der Waals surface area contributed by atoms with Gasteiger partial charge >= 0.3 is 11.9 Å². The van der Waals surface area contributed by atoms with Crippen molar-refractivity contribution in [2.45, 2.75) is 46.1 Å². The van der Waals surface area contributed by atoms with Gasteiger partial charge in [0.2, 0.25) is 0 Å². The summed E-state index contributed by atoms with van der Waals surface area (Å²) in [6.07, 6.45) is 0.180. The van der Waals surface area contributed by atoms with Gasteiger partial charge in [-0.1, -0.05) is 81.4 Å². The molecule has 1 atom stereocenters. The number of ether oxygens (including phenoxy) is 4. The van der Waals surface area contributed by atoms with Crippen molar-refractivity contribution >= 4 is 11.9 Å². The summed E-state index contributed by atoms with van der Waals surface area (Å²) in [6, 6.07) is 37.0. The highest BCUT2D eigenvalue weighted by Crippen LogP contribution is 2.35. The zero-order chi connectivity index (χ0) is 34.1. The number of carbonyl (C=O) groups excluding carboxylic acids is 2. The van der Waals surface area contributed by atoms with Crippen LogP contribution in [0.3, 0.4) is 0 Å². The van der Waals surface area contributed by atoms with Crippen LogP contribution in [0.4, 0.5) is 0 Å². The van der Waals surface area contributed by atoms with Gasteiger partial charge < -0.3 is 24.1 Å². The Balaban J connectivity index is 1.30. The van der Waals surface area contributed by atoms with Crippen LogP contribution in [0.1, 0.15) is 64.6 Å². The summed E-state index contributed by atoms with van der Waals surface area (Å²) in [4.78, 5) is 26.3. The summed E-state index contributed by atoms with van der Waals surface area (Å²) in [7, 11) is 0. The second kappa shape index (κ2) is 15.0. The van der Waals surface area contributed by atoms with Gasteiger partial charge in [0.05, 0.1) is 11.1 Å². The van der Waals surface area contributed by atoms with Crippen molar-refractivity contribution in [2.24, 2.45) is 11.1 Å². The summed E-state index contributed by atoms with van der Waals surface area (Å²) in [5.41, 5.74) is 7.03. The van der Waals surface area contributed by atoms with Gasteiger partial charge in [0, 0.05) is 11.6 Å². The van der Waals surface area contributed by atoms with E-state index in [1.54, 1.807) is 48.5 Å². The molecule has 8 heteroatoms. The molecule has 0 heterocycles. The van der Waals surface area contributed by atoms with Crippen molar-refractivity contribution in [1.82, 2.24) is 0 Å². The average Bonchev–Trinajstić information content (AvgIpc) is 3.06. The van der Waals surface area contributed by atoms with E-state index in [0.29, 0.717) is 24.7 Å². The molecule has 0 spiro atoms. The molecule has 5 aromatic carbocycles. The highest BCUT2D eigenvalue weighted by Gasteiger charge is 2.31. The Labute approximate surface area is 280 Å². The van der Waals surface area contributed by atoms with Crippen LogP contribution < -0.4 is 24.7 Å². The van der Waals surface area contributed by atoms with E-state index >= 15 is 0 Å². The Kier molecular flexibility index (Phi) is 10.6. The lowest BCUT2D eigenvalue weighted by Crippen LogP contribution is -2.40. The van der Waals surface area contributed by atoms with Crippen LogP contribution in [0.15, 0.2) is 127 Å². The minimum Gasteiger partial charge on any atom is -0.489 e. The van der Waals surface area contributed by atoms with Gasteiger partial charge in [0.15, 0.2) is 0 Å². The number of nitrogens with two attached hydrogens (primary N) is 1. The lowest BCUT2D eigenvalue weighted by atomic mass is 9.83. The fourth-order valence-corrected chi connectivity index (χ4v) is 5.04. The van der Waals surface area contributed by atoms with Gasteiger partial charge in [-0.25, -0.2) is 9.59 Å². The largest absolute Gasteiger partial charge is 0.489 e. The minimum absolute atomic E-state index is 0.0483. The summed E-state index contributed by atoms with van der Waals surface area (Å²) < 4.78 is 23.0. The minimum atomic E-state index is -1.81. The highest BCUT2D eigenvalue weighted by atomic mass is 16.5. The zero-order valence-corrected chi connectivity index (χ0v) is 27.2. The summed E-state index contributed by atoms with van der Waals surface area (Å²) >= 11 is 0. The number of esters is 2. The molecule has 0 aliphatic carbocycles. The SMILES string of the molecule is CC(C)(C)CC(N)(O)c1cc(OC(=O)c2ccc(OCc3ccccc3)cc2)cc(OC(=O)c2ccc(OCc3ccccc3)cc2)c1. The van der Waals surface area contributed by atoms with E-state index in [4.69, 9.17) is 24.7 Å². The molecule has 0 saturated carbocycles. The fraction of sp³-hybridized carbons (Fsp3) is 0.200. The normalized spacial score (nSPS) is 12.4. The van der Waals surface area contributed by atoms with Gasteiger partial charge in [-0.05, 0) is 83.6 Å². The molecule has 246 valence electrons. The number of hydrogen-bond donors (Lipinski definition) is 2. The Morgan fingerprint density at radius 2 is 0.979 bits per heavy atom. The third kappa shape index (κ3) is 9.78. The second-order valence-corrected chi connectivity index (χ2v) is 12.7. The van der Waals surface area contributed by atoms with E-state index in [9.17, 15) is 14.7 Å². The second-order valence-electron chi connectivity index (χ2n) is 12.7. The average molecular weight is 646 g/mol. The van der Waals surface area contributed by atoms with Crippen molar-refractivity contribution in [3.63, 3.8) is 0 Å². The van der Waals surface area contributed by atoms with Crippen LogP contribution in [0.2, 0.25) is 0 Å². The molecule has 0 radical (unpaired) electrons. The standard InChI is InChI=1S/C40H39NO7/c1-39(2,3)27-40(41,44)32-22-35(47-37(42)30-14-18-33(19-15-30)45-25-28-10-6-4-7-11-28)24-36(23-32)48-38(43)31-16-20-34(21-17-31)46-26-29-12-8-5-9-13-29/h4-24,44H,25-27,41H2,1-3H3. The maximum Gasteiger partial charge on any atom is 0.343 e. The Morgan fingerprint density at radius 3 is 1.35 bits per heavy atom. The fourth-order valence-electron chi connectivity index (χ4n) is 5.04. The summed E-state index contributed by atoms with van der Waals surface area (Å²) in [6.45, 7) is 6.60. The molecule has 48 heavy (non-hydrogen) atoms. The highest BCUT2D eigenvalue weighted by molar-refractivity contribution is 5.92. The molecular formula is C40H39NO7. The van der Waals surface area contributed by atoms with Gasteiger partial charge in [-0.3, -0.25) is 5.73 Å². The predicted molar refractivity (Wildman–Crippen MR) is 183 cm³/mol. The van der Waals surface area contributed by atoms with E-state index in [1.807, 2.05) is 81.4 Å². The maximum absolute atomic E-state index is 13.1. The Bertz CT molecular complexity index is 1690. The van der Waals surface area contributed by atoms with Crippen LogP contribution in [-0.2, 0) is 18.9 Å². The number of rotatable bonds is 12. The predicted octanol–water partition coefficient (Wildman–Crippen LogP) is 7.82. The molecular weight excluding hydrogens is 606 g/mol. The van der Waals surface area contributed by atoms with Crippen molar-refractivity contribution in [3.05, 3.63) is 155 Å². The van der Waals surface area contributed by atoms with E-state index in [1.165, 1.54) is 18.2 Å². The van der Waals surface area contributed by atoms with E-state index < -0.39 is 17.7 Å². The van der Waals surface area contributed by atoms with Crippen LogP contribution in [0.25, 0.3) is 0 Å². The molecule has 5 rings (SSSR count). The smallest absolute Gasteiger partial charge is 0.343 e. The zero-order valence-electron chi connectivity index (χ0n) is 27.2. The topological polar surface area (TPSA) is 117 Å². The van der Waals surface area contributed by atoms with Crippen LogP contribution in [-0.4, -0.2) is 17.0 Å². The van der Waals surface area contributed by atoms with Crippen LogP contribution in [0, 0.1) is 5.41 Å². The summed E-state index contributed by atoms with van der Waals surface area (Å²) in [5, 5.41) is 11.3. The molecule has 1 unspecified atom stereocenters. The molecule has 0 fully saturated rings. The molecule has 0 saturated heterocycles. The van der Waals surface area contributed by atoms with Gasteiger partial charge in [-0.15, -0.1) is 0 Å². The number of hydrogen-bond acceptors (Lipinski definition) is 8. The first-order valence-electron chi connectivity index (χ1n) is 15.6. The third-order valence-corrected chi connectivity index (χ3v) is 7.28. The molecule has 0 aliphatic heterocycles. The molecule has 0 bridgehead atoms. The van der Waals surface area contributed by atoms with Crippen LogP contribution in [0.5, 0.6) is 23.0 Å². The Morgan fingerprint density at radius 1 is 0.583 bits per heavy atom. The van der Waals surface area contributed by atoms with E-state index in [2.05, 4.69) is 0 Å². The maximum atomic E-state index is 13.1. The number of aliphatic hydroxyl groups is 1. The third-order valence-electron chi connectivity index (χ3n) is 7.28. The van der Waals surface area contributed by atoms with Gasteiger partial charge in [0.25, 0.3) is 0 Å².